The number of rotatable bonds is 3. The van der Waals surface area contributed by atoms with Crippen molar-refractivity contribution in [3.8, 4) is 0 Å². The van der Waals surface area contributed by atoms with Gasteiger partial charge >= 0.3 is 0 Å². The van der Waals surface area contributed by atoms with Crippen LogP contribution in [0.25, 0.3) is 0 Å². The van der Waals surface area contributed by atoms with Crippen molar-refractivity contribution in [2.75, 3.05) is 5.75 Å². The molecule has 1 N–H and O–H groups in total. The highest BCUT2D eigenvalue weighted by Gasteiger charge is 2.24. The fourth-order valence-corrected chi connectivity index (χ4v) is 3.45. The second-order valence-corrected chi connectivity index (χ2v) is 5.81. The number of benzene rings is 1. The SMILES string of the molecule is OC(Cc1cc(F)ccc1Cl)C1CCCS1. The predicted molar refractivity (Wildman–Crippen MR) is 66.6 cm³/mol. The van der Waals surface area contributed by atoms with Crippen LogP contribution in [0, 0.1) is 5.82 Å². The summed E-state index contributed by atoms with van der Waals surface area (Å²) in [4.78, 5) is 0. The van der Waals surface area contributed by atoms with E-state index in [2.05, 4.69) is 0 Å². The molecular formula is C12H14ClFOS. The lowest BCUT2D eigenvalue weighted by Gasteiger charge is -2.17. The van der Waals surface area contributed by atoms with Gasteiger partial charge in [0.25, 0.3) is 0 Å². The summed E-state index contributed by atoms with van der Waals surface area (Å²) in [6.45, 7) is 0. The molecule has 0 radical (unpaired) electrons. The van der Waals surface area contributed by atoms with Crippen molar-refractivity contribution in [1.29, 1.82) is 0 Å². The Labute approximate surface area is 104 Å². The van der Waals surface area contributed by atoms with Gasteiger partial charge in [-0.15, -0.1) is 0 Å². The van der Waals surface area contributed by atoms with Crippen LogP contribution >= 0.6 is 23.4 Å². The van der Waals surface area contributed by atoms with Crippen molar-refractivity contribution in [2.24, 2.45) is 0 Å². The summed E-state index contributed by atoms with van der Waals surface area (Å²) in [6, 6.07) is 4.29. The number of aliphatic hydroxyl groups excluding tert-OH is 1. The molecule has 1 heterocycles. The average Bonchev–Trinajstić information content (AvgIpc) is 2.76. The maximum Gasteiger partial charge on any atom is 0.123 e. The number of aliphatic hydroxyl groups is 1. The van der Waals surface area contributed by atoms with Crippen LogP contribution in [0.1, 0.15) is 18.4 Å². The lowest BCUT2D eigenvalue weighted by Crippen LogP contribution is -2.23. The van der Waals surface area contributed by atoms with Gasteiger partial charge in [-0.3, -0.25) is 0 Å². The average molecular weight is 261 g/mol. The van der Waals surface area contributed by atoms with Crippen molar-refractivity contribution in [3.63, 3.8) is 0 Å². The van der Waals surface area contributed by atoms with E-state index in [0.717, 1.165) is 18.6 Å². The largest absolute Gasteiger partial charge is 0.392 e. The van der Waals surface area contributed by atoms with Gasteiger partial charge in [0.05, 0.1) is 6.10 Å². The monoisotopic (exact) mass is 260 g/mol. The zero-order valence-corrected chi connectivity index (χ0v) is 10.4. The molecule has 0 aromatic heterocycles. The molecule has 2 atom stereocenters. The molecule has 1 fully saturated rings. The van der Waals surface area contributed by atoms with Crippen LogP contribution in [0.3, 0.4) is 0 Å². The van der Waals surface area contributed by atoms with Gasteiger partial charge in [-0.25, -0.2) is 4.39 Å². The predicted octanol–water partition coefficient (Wildman–Crippen LogP) is 3.28. The molecule has 1 aliphatic rings. The van der Waals surface area contributed by atoms with E-state index in [0.29, 0.717) is 17.0 Å². The molecule has 4 heteroatoms. The number of hydrogen-bond acceptors (Lipinski definition) is 2. The minimum atomic E-state index is -0.424. The highest BCUT2D eigenvalue weighted by Crippen LogP contribution is 2.31. The maximum atomic E-state index is 13.0. The molecule has 1 saturated heterocycles. The topological polar surface area (TPSA) is 20.2 Å². The highest BCUT2D eigenvalue weighted by atomic mass is 35.5. The molecule has 1 aliphatic heterocycles. The third kappa shape index (κ3) is 2.90. The Hall–Kier alpha value is -0.250. The maximum absolute atomic E-state index is 13.0. The zero-order valence-electron chi connectivity index (χ0n) is 8.83. The van der Waals surface area contributed by atoms with Gasteiger partial charge in [0.15, 0.2) is 0 Å². The third-order valence-electron chi connectivity index (χ3n) is 2.83. The third-order valence-corrected chi connectivity index (χ3v) is 4.70. The summed E-state index contributed by atoms with van der Waals surface area (Å²) in [7, 11) is 0. The Morgan fingerprint density at radius 2 is 2.38 bits per heavy atom. The first-order chi connectivity index (χ1) is 7.66. The Bertz CT molecular complexity index is 366. The number of thioether (sulfide) groups is 1. The van der Waals surface area contributed by atoms with Crippen LogP contribution in [0.15, 0.2) is 18.2 Å². The van der Waals surface area contributed by atoms with Crippen LogP contribution < -0.4 is 0 Å². The molecule has 0 saturated carbocycles. The van der Waals surface area contributed by atoms with Crippen LogP contribution in [0.5, 0.6) is 0 Å². The van der Waals surface area contributed by atoms with E-state index < -0.39 is 6.10 Å². The zero-order chi connectivity index (χ0) is 11.5. The molecule has 1 aromatic rings. The lowest BCUT2D eigenvalue weighted by molar-refractivity contribution is 0.170. The van der Waals surface area contributed by atoms with Gasteiger partial charge in [-0.05, 0) is 42.4 Å². The first kappa shape index (κ1) is 12.2. The normalized spacial score (nSPS) is 22.3. The Morgan fingerprint density at radius 3 is 3.06 bits per heavy atom. The molecule has 0 aliphatic carbocycles. The molecule has 0 bridgehead atoms. The van der Waals surface area contributed by atoms with Gasteiger partial charge in [0.2, 0.25) is 0 Å². The molecule has 2 rings (SSSR count). The number of halogens is 2. The summed E-state index contributed by atoms with van der Waals surface area (Å²) >= 11 is 7.76. The summed E-state index contributed by atoms with van der Waals surface area (Å²) in [5.74, 6) is 0.809. The number of hydrogen-bond donors (Lipinski definition) is 1. The lowest BCUT2D eigenvalue weighted by atomic mass is 10.0. The van der Waals surface area contributed by atoms with E-state index in [1.165, 1.54) is 12.1 Å². The van der Waals surface area contributed by atoms with Crippen molar-refractivity contribution >= 4 is 23.4 Å². The van der Waals surface area contributed by atoms with Gasteiger partial charge in [0.1, 0.15) is 5.82 Å². The van der Waals surface area contributed by atoms with Crippen LogP contribution in [-0.4, -0.2) is 22.2 Å². The fraction of sp³-hybridized carbons (Fsp3) is 0.500. The van der Waals surface area contributed by atoms with Crippen LogP contribution in [0.2, 0.25) is 5.02 Å². The van der Waals surface area contributed by atoms with E-state index >= 15 is 0 Å². The molecule has 2 unspecified atom stereocenters. The first-order valence-electron chi connectivity index (χ1n) is 5.40. The van der Waals surface area contributed by atoms with Crippen LogP contribution in [0.4, 0.5) is 4.39 Å². The molecule has 1 aromatic carbocycles. The molecule has 88 valence electrons. The van der Waals surface area contributed by atoms with E-state index in [-0.39, 0.29) is 11.1 Å². The minimum Gasteiger partial charge on any atom is -0.392 e. The van der Waals surface area contributed by atoms with Crippen molar-refractivity contribution in [3.05, 3.63) is 34.6 Å². The Morgan fingerprint density at radius 1 is 1.56 bits per heavy atom. The van der Waals surface area contributed by atoms with Crippen molar-refractivity contribution in [1.82, 2.24) is 0 Å². The summed E-state index contributed by atoms with van der Waals surface area (Å²) in [5.41, 5.74) is 0.696. The molecule has 1 nitrogen and oxygen atoms in total. The van der Waals surface area contributed by atoms with E-state index in [1.54, 1.807) is 17.8 Å². The first-order valence-corrected chi connectivity index (χ1v) is 6.83. The highest BCUT2D eigenvalue weighted by molar-refractivity contribution is 8.00. The molecular weight excluding hydrogens is 247 g/mol. The smallest absolute Gasteiger partial charge is 0.123 e. The second kappa shape index (κ2) is 5.39. The van der Waals surface area contributed by atoms with E-state index in [1.807, 2.05) is 0 Å². The van der Waals surface area contributed by atoms with Crippen molar-refractivity contribution in [2.45, 2.75) is 30.6 Å². The fourth-order valence-electron chi connectivity index (χ4n) is 1.96. The van der Waals surface area contributed by atoms with Gasteiger partial charge in [-0.2, -0.15) is 11.8 Å². The summed E-state index contributed by atoms with van der Waals surface area (Å²) in [6.07, 6.45) is 2.21. The van der Waals surface area contributed by atoms with Gasteiger partial charge < -0.3 is 5.11 Å². The van der Waals surface area contributed by atoms with Crippen molar-refractivity contribution < 1.29 is 9.50 Å². The second-order valence-electron chi connectivity index (χ2n) is 4.06. The Balaban J connectivity index is 2.04. The van der Waals surface area contributed by atoms with Gasteiger partial charge in [-0.1, -0.05) is 11.6 Å². The van der Waals surface area contributed by atoms with Crippen LogP contribution in [-0.2, 0) is 6.42 Å². The standard InChI is InChI=1S/C12H14ClFOS/c13-10-4-3-9(14)6-8(10)7-11(15)12-2-1-5-16-12/h3-4,6,11-12,15H,1-2,5,7H2. The van der Waals surface area contributed by atoms with E-state index in [4.69, 9.17) is 11.6 Å². The Kier molecular flexibility index (Phi) is 4.11. The molecule has 16 heavy (non-hydrogen) atoms. The summed E-state index contributed by atoms with van der Waals surface area (Å²) < 4.78 is 13.0. The van der Waals surface area contributed by atoms with Gasteiger partial charge in [0, 0.05) is 16.7 Å². The molecule has 0 amide bonds. The summed E-state index contributed by atoms with van der Waals surface area (Å²) in [5, 5.41) is 10.8. The van der Waals surface area contributed by atoms with E-state index in [9.17, 15) is 9.50 Å². The molecule has 0 spiro atoms. The quantitative estimate of drug-likeness (QED) is 0.900. The minimum absolute atomic E-state index is 0.277.